The Hall–Kier alpha value is -1.55. The van der Waals surface area contributed by atoms with Crippen molar-refractivity contribution in [3.8, 4) is 0 Å². The van der Waals surface area contributed by atoms with Crippen molar-refractivity contribution < 1.29 is 9.53 Å². The number of piperidine rings is 1. The molecule has 0 spiro atoms. The van der Waals surface area contributed by atoms with Crippen molar-refractivity contribution in [2.75, 3.05) is 25.9 Å². The molecular formula is C14H20N2O2. The first-order valence-corrected chi connectivity index (χ1v) is 6.30. The van der Waals surface area contributed by atoms with Crippen LogP contribution in [-0.2, 0) is 4.74 Å². The molecule has 98 valence electrons. The highest BCUT2D eigenvalue weighted by Crippen LogP contribution is 2.21. The lowest BCUT2D eigenvalue weighted by molar-refractivity contribution is 0.0269. The highest BCUT2D eigenvalue weighted by Gasteiger charge is 2.26. The van der Waals surface area contributed by atoms with Gasteiger partial charge in [-0.05, 0) is 31.4 Å². The number of amides is 1. The average Bonchev–Trinajstić information content (AvgIpc) is 2.38. The Labute approximate surface area is 108 Å². The van der Waals surface area contributed by atoms with E-state index >= 15 is 0 Å². The van der Waals surface area contributed by atoms with Gasteiger partial charge in [-0.25, -0.2) is 0 Å². The molecule has 0 aromatic heterocycles. The van der Waals surface area contributed by atoms with E-state index in [2.05, 4.69) is 0 Å². The Balaban J connectivity index is 2.20. The first-order valence-electron chi connectivity index (χ1n) is 6.30. The van der Waals surface area contributed by atoms with E-state index in [9.17, 15) is 4.79 Å². The van der Waals surface area contributed by atoms with Gasteiger partial charge in [0.2, 0.25) is 0 Å². The number of aryl methyl sites for hydroxylation is 1. The number of nitrogens with two attached hydrogens (primary N) is 1. The molecule has 0 bridgehead atoms. The zero-order valence-electron chi connectivity index (χ0n) is 11.0. The maximum atomic E-state index is 12.5. The van der Waals surface area contributed by atoms with Crippen LogP contribution in [-0.4, -0.2) is 37.1 Å². The molecule has 1 heterocycles. The molecule has 1 aromatic carbocycles. The minimum Gasteiger partial charge on any atom is -0.398 e. The minimum atomic E-state index is 0.0207. The highest BCUT2D eigenvalue weighted by molar-refractivity contribution is 6.00. The van der Waals surface area contributed by atoms with Crippen molar-refractivity contribution >= 4 is 11.6 Å². The number of carbonyl (C=O) groups is 1. The summed E-state index contributed by atoms with van der Waals surface area (Å²) in [4.78, 5) is 14.3. The van der Waals surface area contributed by atoms with Crippen LogP contribution in [0.2, 0.25) is 0 Å². The molecule has 1 aliphatic rings. The lowest BCUT2D eigenvalue weighted by Crippen LogP contribution is -2.43. The summed E-state index contributed by atoms with van der Waals surface area (Å²) < 4.78 is 5.34. The van der Waals surface area contributed by atoms with E-state index in [0.717, 1.165) is 24.9 Å². The van der Waals surface area contributed by atoms with Crippen molar-refractivity contribution in [2.45, 2.75) is 25.9 Å². The van der Waals surface area contributed by atoms with E-state index in [1.165, 1.54) is 0 Å². The van der Waals surface area contributed by atoms with Gasteiger partial charge in [-0.2, -0.15) is 0 Å². The van der Waals surface area contributed by atoms with Crippen LogP contribution in [0.1, 0.15) is 28.8 Å². The third kappa shape index (κ3) is 2.48. The molecule has 0 aliphatic carbocycles. The van der Waals surface area contributed by atoms with Gasteiger partial charge >= 0.3 is 0 Å². The Morgan fingerprint density at radius 3 is 2.94 bits per heavy atom. The van der Waals surface area contributed by atoms with E-state index < -0.39 is 0 Å². The number of likely N-dealkylation sites (tertiary alicyclic amines) is 1. The molecular weight excluding hydrogens is 228 g/mol. The Bertz CT molecular complexity index is 425. The van der Waals surface area contributed by atoms with Crippen molar-refractivity contribution in [1.29, 1.82) is 0 Å². The number of rotatable bonds is 2. The number of nitrogen functional groups attached to an aromatic ring is 1. The van der Waals surface area contributed by atoms with Gasteiger partial charge in [0.1, 0.15) is 0 Å². The summed E-state index contributed by atoms with van der Waals surface area (Å²) in [6.45, 7) is 3.36. The molecule has 1 amide bonds. The van der Waals surface area contributed by atoms with E-state index in [-0.39, 0.29) is 12.0 Å². The first-order chi connectivity index (χ1) is 8.63. The van der Waals surface area contributed by atoms with Crippen LogP contribution in [0.3, 0.4) is 0 Å². The van der Waals surface area contributed by atoms with Gasteiger partial charge < -0.3 is 15.4 Å². The normalized spacial score (nSPS) is 19.9. The molecule has 1 aliphatic heterocycles. The number of ether oxygens (including phenoxy) is 1. The summed E-state index contributed by atoms with van der Waals surface area (Å²) in [5.74, 6) is 0.0207. The lowest BCUT2D eigenvalue weighted by Gasteiger charge is -2.32. The van der Waals surface area contributed by atoms with Crippen molar-refractivity contribution in [3.05, 3.63) is 29.3 Å². The Kier molecular flexibility index (Phi) is 3.87. The molecule has 2 N–H and O–H groups in total. The summed E-state index contributed by atoms with van der Waals surface area (Å²) in [7, 11) is 1.70. The number of carbonyl (C=O) groups excluding carboxylic acids is 1. The van der Waals surface area contributed by atoms with Gasteiger partial charge in [-0.3, -0.25) is 4.79 Å². The third-order valence-electron chi connectivity index (χ3n) is 3.52. The van der Waals surface area contributed by atoms with Crippen LogP contribution in [0.5, 0.6) is 0 Å². The van der Waals surface area contributed by atoms with Crippen LogP contribution in [0.25, 0.3) is 0 Å². The van der Waals surface area contributed by atoms with Crippen LogP contribution in [0.4, 0.5) is 5.69 Å². The average molecular weight is 248 g/mol. The third-order valence-corrected chi connectivity index (χ3v) is 3.52. The molecule has 4 nitrogen and oxygen atoms in total. The molecule has 1 saturated heterocycles. The van der Waals surface area contributed by atoms with Crippen molar-refractivity contribution in [1.82, 2.24) is 4.90 Å². The Morgan fingerprint density at radius 1 is 1.50 bits per heavy atom. The number of hydrogen-bond acceptors (Lipinski definition) is 3. The van der Waals surface area contributed by atoms with Gasteiger partial charge in [0, 0.05) is 25.9 Å². The second-order valence-corrected chi connectivity index (χ2v) is 4.79. The lowest BCUT2D eigenvalue weighted by atomic mass is 10.0. The van der Waals surface area contributed by atoms with Crippen LogP contribution in [0, 0.1) is 6.92 Å². The maximum absolute atomic E-state index is 12.5. The second kappa shape index (κ2) is 5.40. The standard InChI is InChI=1S/C14H20N2O2/c1-10-5-3-7-12(15)13(10)14(17)16-8-4-6-11(9-16)18-2/h3,5,7,11H,4,6,8-9,15H2,1-2H3. The zero-order chi connectivity index (χ0) is 13.1. The molecule has 18 heavy (non-hydrogen) atoms. The number of anilines is 1. The molecule has 2 rings (SSSR count). The van der Waals surface area contributed by atoms with Gasteiger partial charge in [0.25, 0.3) is 5.91 Å². The van der Waals surface area contributed by atoms with E-state index in [1.807, 2.05) is 24.0 Å². The van der Waals surface area contributed by atoms with Gasteiger partial charge in [-0.1, -0.05) is 12.1 Å². The quantitative estimate of drug-likeness (QED) is 0.812. The summed E-state index contributed by atoms with van der Waals surface area (Å²) in [5.41, 5.74) is 8.04. The largest absolute Gasteiger partial charge is 0.398 e. The van der Waals surface area contributed by atoms with Gasteiger partial charge in [-0.15, -0.1) is 0 Å². The smallest absolute Gasteiger partial charge is 0.256 e. The number of methoxy groups -OCH3 is 1. The maximum Gasteiger partial charge on any atom is 0.256 e. The van der Waals surface area contributed by atoms with Gasteiger partial charge in [0.05, 0.1) is 11.7 Å². The highest BCUT2D eigenvalue weighted by atomic mass is 16.5. The predicted octanol–water partition coefficient (Wildman–Crippen LogP) is 1.83. The molecule has 1 fully saturated rings. The fourth-order valence-electron chi connectivity index (χ4n) is 2.46. The van der Waals surface area contributed by atoms with Gasteiger partial charge in [0.15, 0.2) is 0 Å². The molecule has 1 atom stereocenters. The van der Waals surface area contributed by atoms with Crippen LogP contribution < -0.4 is 5.73 Å². The molecule has 0 radical (unpaired) electrons. The monoisotopic (exact) mass is 248 g/mol. The number of hydrogen-bond donors (Lipinski definition) is 1. The predicted molar refractivity (Wildman–Crippen MR) is 71.5 cm³/mol. The van der Waals surface area contributed by atoms with E-state index in [1.54, 1.807) is 13.2 Å². The number of benzene rings is 1. The summed E-state index contributed by atoms with van der Waals surface area (Å²) in [6.07, 6.45) is 2.15. The Morgan fingerprint density at radius 2 is 2.28 bits per heavy atom. The van der Waals surface area contributed by atoms with Crippen LogP contribution >= 0.6 is 0 Å². The van der Waals surface area contributed by atoms with Crippen molar-refractivity contribution in [3.63, 3.8) is 0 Å². The summed E-state index contributed by atoms with van der Waals surface area (Å²) in [6, 6.07) is 5.56. The molecule has 1 unspecified atom stereocenters. The SMILES string of the molecule is COC1CCCN(C(=O)c2c(C)cccc2N)C1. The second-order valence-electron chi connectivity index (χ2n) is 4.79. The van der Waals surface area contributed by atoms with Crippen molar-refractivity contribution in [2.24, 2.45) is 0 Å². The number of nitrogens with zero attached hydrogens (tertiary/aromatic N) is 1. The minimum absolute atomic E-state index is 0.0207. The molecule has 1 aromatic rings. The molecule has 0 saturated carbocycles. The summed E-state index contributed by atoms with van der Waals surface area (Å²) >= 11 is 0. The van der Waals surface area contributed by atoms with E-state index in [0.29, 0.717) is 17.8 Å². The van der Waals surface area contributed by atoms with E-state index in [4.69, 9.17) is 10.5 Å². The van der Waals surface area contributed by atoms with Crippen LogP contribution in [0.15, 0.2) is 18.2 Å². The fraction of sp³-hybridized carbons (Fsp3) is 0.500. The summed E-state index contributed by atoms with van der Waals surface area (Å²) in [5, 5.41) is 0. The zero-order valence-corrected chi connectivity index (χ0v) is 11.0. The molecule has 4 heteroatoms. The topological polar surface area (TPSA) is 55.6 Å². The fourth-order valence-corrected chi connectivity index (χ4v) is 2.46. The first kappa shape index (κ1) is 12.9.